The largest absolute Gasteiger partial charge is 0.304 e. The molecule has 1 fully saturated rings. The van der Waals surface area contributed by atoms with E-state index in [1.54, 1.807) is 0 Å². The second kappa shape index (κ2) is 9.48. The lowest BCUT2D eigenvalue weighted by Crippen LogP contribution is -2.44. The molecule has 26 heavy (non-hydrogen) atoms. The number of hydrogen-bond acceptors (Lipinski definition) is 3. The molecule has 1 saturated heterocycles. The van der Waals surface area contributed by atoms with Crippen LogP contribution in [-0.4, -0.2) is 54.6 Å². The molecule has 0 radical (unpaired) electrons. The van der Waals surface area contributed by atoms with Crippen molar-refractivity contribution in [2.75, 3.05) is 39.8 Å². The number of likely N-dealkylation sites (N-methyl/N-ethyl adjacent to an activating group) is 1. The summed E-state index contributed by atoms with van der Waals surface area (Å²) in [6.07, 6.45) is 9.20. The van der Waals surface area contributed by atoms with Crippen LogP contribution in [0.2, 0.25) is 0 Å². The van der Waals surface area contributed by atoms with E-state index in [2.05, 4.69) is 53.9 Å². The van der Waals surface area contributed by atoms with Gasteiger partial charge in [-0.3, -0.25) is 4.98 Å². The van der Waals surface area contributed by atoms with E-state index in [1.165, 1.54) is 86.0 Å². The summed E-state index contributed by atoms with van der Waals surface area (Å²) in [5, 5.41) is 1.37. The molecule has 1 aliphatic heterocycles. The molecular weight excluding hydrogens is 318 g/mol. The molecule has 0 N–H and O–H groups in total. The Morgan fingerprint density at radius 3 is 2.46 bits per heavy atom. The summed E-state index contributed by atoms with van der Waals surface area (Å²) in [6.45, 7) is 10.7. The molecule has 1 aliphatic rings. The highest BCUT2D eigenvalue weighted by molar-refractivity contribution is 5.83. The Hall–Kier alpha value is -1.45. The topological polar surface area (TPSA) is 19.4 Å². The average Bonchev–Trinajstić information content (AvgIpc) is 2.66. The monoisotopic (exact) mass is 353 g/mol. The third kappa shape index (κ3) is 4.83. The average molecular weight is 354 g/mol. The third-order valence-electron chi connectivity index (χ3n) is 5.82. The normalized spacial score (nSPS) is 16.4. The van der Waals surface area contributed by atoms with Crippen LogP contribution in [0.4, 0.5) is 0 Å². The third-order valence-corrected chi connectivity index (χ3v) is 5.82. The summed E-state index contributed by atoms with van der Waals surface area (Å²) in [7, 11) is 2.23. The molecule has 1 aromatic carbocycles. The lowest BCUT2D eigenvalue weighted by atomic mass is 9.95. The fourth-order valence-corrected chi connectivity index (χ4v) is 4.11. The molecule has 3 heteroatoms. The number of fused-ring (bicyclic) bond motifs is 1. The molecule has 1 aromatic heterocycles. The molecule has 3 nitrogen and oxygen atoms in total. The van der Waals surface area contributed by atoms with E-state index < -0.39 is 0 Å². The number of aromatic nitrogens is 1. The number of unbranched alkanes of at least 4 members (excludes halogenated alkanes) is 1. The van der Waals surface area contributed by atoms with Crippen molar-refractivity contribution >= 4 is 10.9 Å². The van der Waals surface area contributed by atoms with E-state index >= 15 is 0 Å². The highest BCUT2D eigenvalue weighted by Gasteiger charge is 2.13. The fraction of sp³-hybridized carbons (Fsp3) is 0.609. The van der Waals surface area contributed by atoms with E-state index in [0.717, 1.165) is 12.8 Å². The maximum absolute atomic E-state index is 4.66. The Labute approximate surface area is 159 Å². The van der Waals surface area contributed by atoms with Crippen molar-refractivity contribution in [2.24, 2.45) is 0 Å². The Morgan fingerprint density at radius 1 is 0.923 bits per heavy atom. The van der Waals surface area contributed by atoms with Gasteiger partial charge in [0.05, 0.1) is 5.52 Å². The molecule has 0 atom stereocenters. The predicted molar refractivity (Wildman–Crippen MR) is 112 cm³/mol. The molecule has 0 bridgehead atoms. The number of rotatable bonds is 8. The molecule has 0 spiro atoms. The second-order valence-electron chi connectivity index (χ2n) is 7.81. The van der Waals surface area contributed by atoms with Crippen molar-refractivity contribution in [1.82, 2.24) is 14.8 Å². The summed E-state index contributed by atoms with van der Waals surface area (Å²) < 4.78 is 0. The van der Waals surface area contributed by atoms with Crippen LogP contribution in [0.5, 0.6) is 0 Å². The molecule has 0 unspecified atom stereocenters. The summed E-state index contributed by atoms with van der Waals surface area (Å²) in [5.41, 5.74) is 5.66. The van der Waals surface area contributed by atoms with Gasteiger partial charge in [-0.1, -0.05) is 20.3 Å². The minimum atomic E-state index is 1.12. The van der Waals surface area contributed by atoms with Crippen molar-refractivity contribution in [3.63, 3.8) is 0 Å². The number of pyridine rings is 1. The van der Waals surface area contributed by atoms with Gasteiger partial charge in [0.25, 0.3) is 0 Å². The quantitative estimate of drug-likeness (QED) is 0.659. The highest BCUT2D eigenvalue weighted by atomic mass is 15.2. The number of piperazine rings is 1. The zero-order chi connectivity index (χ0) is 18.4. The lowest BCUT2D eigenvalue weighted by Gasteiger charge is -2.32. The molecule has 3 rings (SSSR count). The van der Waals surface area contributed by atoms with Gasteiger partial charge >= 0.3 is 0 Å². The molecular formula is C23H35N3. The number of aryl methyl sites for hydroxylation is 3. The molecule has 0 saturated carbocycles. The Balaban J connectivity index is 1.62. The zero-order valence-electron chi connectivity index (χ0n) is 16.9. The van der Waals surface area contributed by atoms with Crippen molar-refractivity contribution in [3.8, 4) is 0 Å². The van der Waals surface area contributed by atoms with Gasteiger partial charge in [0, 0.05) is 37.8 Å². The first-order chi connectivity index (χ1) is 12.7. The van der Waals surface area contributed by atoms with Crippen molar-refractivity contribution in [1.29, 1.82) is 0 Å². The maximum atomic E-state index is 4.66. The molecule has 2 aromatic rings. The Bertz CT molecular complexity index is 702. The van der Waals surface area contributed by atoms with Gasteiger partial charge in [-0.2, -0.15) is 0 Å². The summed E-state index contributed by atoms with van der Waals surface area (Å²) in [5.74, 6) is 0. The van der Waals surface area contributed by atoms with Crippen LogP contribution in [0.1, 0.15) is 49.8 Å². The summed E-state index contributed by atoms with van der Waals surface area (Å²) in [6, 6.07) is 6.98. The summed E-state index contributed by atoms with van der Waals surface area (Å²) in [4.78, 5) is 9.71. The first-order valence-electron chi connectivity index (χ1n) is 10.5. The maximum Gasteiger partial charge on any atom is 0.0707 e. The standard InChI is InChI=1S/C23H35N3/c1-4-8-20-10-11-24-23-18-21(19(5-2)17-22(20)23)9-6-7-12-26-15-13-25(3)14-16-26/h10-11,17-18H,4-9,12-16H2,1-3H3. The predicted octanol–water partition coefficient (Wildman–Crippen LogP) is 4.32. The molecule has 2 heterocycles. The van der Waals surface area contributed by atoms with Gasteiger partial charge in [0.2, 0.25) is 0 Å². The minimum absolute atomic E-state index is 1.12. The van der Waals surface area contributed by atoms with E-state index in [9.17, 15) is 0 Å². The van der Waals surface area contributed by atoms with Crippen LogP contribution in [0.25, 0.3) is 10.9 Å². The highest BCUT2D eigenvalue weighted by Crippen LogP contribution is 2.24. The first kappa shape index (κ1) is 19.3. The number of nitrogens with zero attached hydrogens (tertiary/aromatic N) is 3. The van der Waals surface area contributed by atoms with E-state index in [-0.39, 0.29) is 0 Å². The van der Waals surface area contributed by atoms with E-state index in [4.69, 9.17) is 0 Å². The smallest absolute Gasteiger partial charge is 0.0707 e. The molecule has 0 aliphatic carbocycles. The minimum Gasteiger partial charge on any atom is -0.304 e. The summed E-state index contributed by atoms with van der Waals surface area (Å²) >= 11 is 0. The van der Waals surface area contributed by atoms with Crippen LogP contribution in [0, 0.1) is 0 Å². The molecule has 0 amide bonds. The van der Waals surface area contributed by atoms with Crippen LogP contribution >= 0.6 is 0 Å². The lowest BCUT2D eigenvalue weighted by molar-refractivity contribution is 0.152. The van der Waals surface area contributed by atoms with Gasteiger partial charge in [0.15, 0.2) is 0 Å². The Kier molecular flexibility index (Phi) is 7.04. The van der Waals surface area contributed by atoms with Gasteiger partial charge < -0.3 is 9.80 Å². The molecule has 142 valence electrons. The zero-order valence-corrected chi connectivity index (χ0v) is 16.9. The first-order valence-corrected chi connectivity index (χ1v) is 10.5. The van der Waals surface area contributed by atoms with Gasteiger partial charge in [-0.15, -0.1) is 0 Å². The fourth-order valence-electron chi connectivity index (χ4n) is 4.11. The van der Waals surface area contributed by atoms with Gasteiger partial charge in [-0.05, 0) is 80.6 Å². The van der Waals surface area contributed by atoms with Crippen LogP contribution < -0.4 is 0 Å². The van der Waals surface area contributed by atoms with Gasteiger partial charge in [0.1, 0.15) is 0 Å². The van der Waals surface area contributed by atoms with Crippen LogP contribution in [-0.2, 0) is 19.3 Å². The number of hydrogen-bond donors (Lipinski definition) is 0. The van der Waals surface area contributed by atoms with Crippen LogP contribution in [0.15, 0.2) is 24.4 Å². The van der Waals surface area contributed by atoms with Gasteiger partial charge in [-0.25, -0.2) is 0 Å². The van der Waals surface area contributed by atoms with Crippen LogP contribution in [0.3, 0.4) is 0 Å². The Morgan fingerprint density at radius 2 is 1.73 bits per heavy atom. The second-order valence-corrected chi connectivity index (χ2v) is 7.81. The van der Waals surface area contributed by atoms with Crippen molar-refractivity contribution < 1.29 is 0 Å². The van der Waals surface area contributed by atoms with Crippen molar-refractivity contribution in [3.05, 3.63) is 41.1 Å². The SMILES string of the molecule is CCCc1ccnc2cc(CCCCN3CCN(C)CC3)c(CC)cc12. The van der Waals surface area contributed by atoms with E-state index in [1.807, 2.05) is 6.20 Å². The van der Waals surface area contributed by atoms with Crippen molar-refractivity contribution in [2.45, 2.75) is 52.4 Å². The number of benzene rings is 1. The van der Waals surface area contributed by atoms with E-state index in [0.29, 0.717) is 0 Å².